The number of aliphatic hydroxyl groups is 17. The van der Waals surface area contributed by atoms with Crippen LogP contribution in [0.5, 0.6) is 0 Å². The van der Waals surface area contributed by atoms with E-state index >= 15 is 0 Å². The Morgan fingerprint density at radius 2 is 0.574 bits per heavy atom. The molecule has 60 heteroatoms. The van der Waals surface area contributed by atoms with E-state index in [0.29, 0.717) is 6.08 Å². The van der Waals surface area contributed by atoms with Gasteiger partial charge in [-0.05, 0) is 6.08 Å². The molecule has 6 unspecified atom stereocenters. The molecule has 0 aromatic rings. The molecule has 7 saturated heterocycles. The summed E-state index contributed by atoms with van der Waals surface area (Å²) in [6, 6.07) is -10.1. The van der Waals surface area contributed by atoms with Gasteiger partial charge in [0.15, 0.2) is 62.3 Å². The summed E-state index contributed by atoms with van der Waals surface area (Å²) in [7, 11) is -22.3. The predicted molar refractivity (Wildman–Crippen MR) is 315 cm³/mol. The Hall–Kier alpha value is -4.34. The van der Waals surface area contributed by atoms with Gasteiger partial charge in [-0.1, -0.05) is 0 Å². The van der Waals surface area contributed by atoms with Crippen LogP contribution < -0.4 is 18.9 Å². The van der Waals surface area contributed by atoms with Crippen molar-refractivity contribution in [2.24, 2.45) is 0 Å². The second-order valence-corrected chi connectivity index (χ2v) is 29.3. The van der Waals surface area contributed by atoms with Gasteiger partial charge in [0.2, 0.25) is 12.0 Å². The maximum Gasteiger partial charge on any atom is 0.371 e. The first-order chi connectivity index (χ1) is 50.0. The van der Waals surface area contributed by atoms with E-state index in [2.05, 4.69) is 0 Å². The molecule has 8 heterocycles. The highest BCUT2D eigenvalue weighted by atomic mass is 32.2. The largest absolute Gasteiger partial charge is 0.479 e. The minimum Gasteiger partial charge on any atom is -0.479 e. The molecule has 0 amide bonds. The fraction of sp³-hybridized carbons (Fsp3) is 0.875. The molecule has 56 nitrogen and oxygen atoms in total. The third-order valence-corrected chi connectivity index (χ3v) is 19.7. The zero-order valence-corrected chi connectivity index (χ0v) is 56.9. The van der Waals surface area contributed by atoms with Crippen LogP contribution in [0, 0.1) is 0 Å². The number of carboxylic acid groups (broad SMARTS) is 4. The van der Waals surface area contributed by atoms with E-state index in [1.54, 1.807) is 0 Å². The molecule has 0 spiro atoms. The third kappa shape index (κ3) is 20.6. The third-order valence-electron chi connectivity index (χ3n) is 17.4. The van der Waals surface area contributed by atoms with E-state index in [1.807, 2.05) is 0 Å². The highest BCUT2D eigenvalue weighted by molar-refractivity contribution is 7.84. The molecule has 624 valence electrons. The number of rotatable bonds is 30. The number of carbonyl (C=O) groups is 4. The lowest BCUT2D eigenvalue weighted by Crippen LogP contribution is -2.71. The van der Waals surface area contributed by atoms with Gasteiger partial charge in [0.05, 0.1) is 26.4 Å². The molecule has 29 N–H and O–H groups in total. The van der Waals surface area contributed by atoms with E-state index in [0.717, 1.165) is 0 Å². The number of carboxylic acids is 4. The zero-order valence-electron chi connectivity index (χ0n) is 53.7. The lowest BCUT2D eigenvalue weighted by molar-refractivity contribution is -0.381. The molecule has 0 aromatic carbocycles. The van der Waals surface area contributed by atoms with Gasteiger partial charge >= 0.3 is 65.1 Å². The zero-order chi connectivity index (χ0) is 80.8. The van der Waals surface area contributed by atoms with Crippen molar-refractivity contribution < 1.29 is 249 Å². The van der Waals surface area contributed by atoms with Crippen molar-refractivity contribution >= 4 is 65.1 Å². The van der Waals surface area contributed by atoms with Gasteiger partial charge in [-0.3, -0.25) is 18.2 Å². The Labute approximate surface area is 602 Å². The molecule has 7 fully saturated rings. The van der Waals surface area contributed by atoms with Crippen LogP contribution in [-0.4, -0.2) is 443 Å². The summed E-state index contributed by atoms with van der Waals surface area (Å²) < 4.78 is 223. The highest BCUT2D eigenvalue weighted by Crippen LogP contribution is 2.39. The lowest BCUT2D eigenvalue weighted by Gasteiger charge is -2.50. The quantitative estimate of drug-likeness (QED) is 0.0297. The molecule has 108 heavy (non-hydrogen) atoms. The maximum absolute atomic E-state index is 13.0. The Kier molecular flexibility index (Phi) is 29.4. The number of hydrogen-bond donors (Lipinski definition) is 29. The van der Waals surface area contributed by atoms with E-state index in [-0.39, 0.29) is 0 Å². The molecule has 0 aromatic heterocycles. The first-order valence-electron chi connectivity index (χ1n) is 30.8. The first kappa shape index (κ1) is 89.2. The van der Waals surface area contributed by atoms with Crippen LogP contribution in [0.3, 0.4) is 0 Å². The first-order valence-corrected chi connectivity index (χ1v) is 36.5. The SMILES string of the molecule is O=C(O)C1=C[C@H](O)[C@@H](O)[C@H](O[C@H]2[C@H](O)[C@@H](NS(=O)(=O)O)[C@@H](O[C@@H]3C(C(=O)O)OC(O[C@H]4[C@H](O)[C@@H](NS(=O)(=O)O)[C@@H](O[C@@H]5C(C(=O)O)OC(O[C@H]6[C@H](O)[C@@H](NS(=O)(=O)O)[C@@H](O[C@@H]7C(C(=O)O)OC(O[C@H]8[C@H](O)[C@@H](NS(=O)(=O)O)[C@@H](O)O[C@@H]8CO)[C@H](O)[C@H]7O)O[C@@H]6CO)[C@H](O)[C@H]5O)O[C@@H]4CO)[C@H](O)[C@H]3O)O[C@@H]2CO)O1. The lowest BCUT2D eigenvalue weighted by atomic mass is 9.94. The van der Waals surface area contributed by atoms with E-state index < -0.39 is 330 Å². The normalized spacial score (nSPS) is 45.2. The average Bonchev–Trinajstić information content (AvgIpc) is 0.761. The van der Waals surface area contributed by atoms with Crippen molar-refractivity contribution in [3.8, 4) is 0 Å². The summed E-state index contributed by atoms with van der Waals surface area (Å²) >= 11 is 0. The molecular formula is C48H76N4O52S4. The standard InChI is InChI=1S/C48H76N4O52S4/c53-2-8-27(17(59)12(41(77)90-8)49-105(78,79)80)96-46-24(66)21(63)31(34(102-46)38(71)72)100-43-14(51-107(84,85)86)19(61)29(10(4-55)93-43)98-48-26(68)23(65)33(36(104-48)40(75)76)101-44-15(52-108(87,88)89)20(62)30(11(5-56)94-44)97-47-25(67)22(64)32(35(103-47)39(73)74)99-42-13(50-106(81,82)83)18(60)28(9(3-54)92-42)95-45-16(58)6(57)1-7(91-45)37(69)70/h1,6,8-36,41-68,77H,2-5H2,(H,69,70)(H,71,72)(H,73,74)(H,75,76)(H,78,79,80)(H,81,82,83)(H,84,85,86)(H,87,88,89)/t6-,8+,9+,10+,11+,12+,13+,14+,15+,16+,17+,18+,19+,20+,21+,22+,23+,24+,25+,26+,27+,28+,29+,30+,31-,32-,33-,34?,35?,36?,41-,42+,43+,44+,45-,46?,47?,48?/m0/s1. The van der Waals surface area contributed by atoms with E-state index in [9.17, 15) is 178 Å². The van der Waals surface area contributed by atoms with Crippen molar-refractivity contribution in [3.63, 3.8) is 0 Å². The second kappa shape index (κ2) is 35.6. The monoisotopic (exact) mass is 1670 g/mol. The van der Waals surface area contributed by atoms with E-state index in [4.69, 9.17) is 71.1 Å². The van der Waals surface area contributed by atoms with Crippen molar-refractivity contribution in [2.75, 3.05) is 26.4 Å². The number of aliphatic carboxylic acids is 4. The van der Waals surface area contributed by atoms with Crippen LogP contribution in [0.15, 0.2) is 11.8 Å². The van der Waals surface area contributed by atoms with E-state index in [1.165, 1.54) is 18.9 Å². The summed E-state index contributed by atoms with van der Waals surface area (Å²) in [5.74, 6) is -9.50. The Bertz CT molecular complexity index is 3610. The summed E-state index contributed by atoms with van der Waals surface area (Å²) in [6.07, 6.45) is -85.2. The van der Waals surface area contributed by atoms with Gasteiger partial charge < -0.3 is 178 Å². The van der Waals surface area contributed by atoms with Crippen molar-refractivity contribution in [2.45, 2.75) is 233 Å². The minimum atomic E-state index is -5.75. The van der Waals surface area contributed by atoms with Crippen molar-refractivity contribution in [3.05, 3.63) is 11.8 Å². The fourth-order valence-electron chi connectivity index (χ4n) is 12.4. The minimum absolute atomic E-state index is 0.520. The number of hydrogen-bond acceptors (Lipinski definition) is 44. The van der Waals surface area contributed by atoms with Crippen LogP contribution in [0.1, 0.15) is 0 Å². The van der Waals surface area contributed by atoms with Crippen LogP contribution >= 0.6 is 0 Å². The molecule has 0 radical (unpaired) electrons. The summed E-state index contributed by atoms with van der Waals surface area (Å²) in [5.41, 5.74) is 0. The average molecular weight is 1670 g/mol. The van der Waals surface area contributed by atoms with Crippen molar-refractivity contribution in [1.29, 1.82) is 0 Å². The molecule has 8 rings (SSSR count). The van der Waals surface area contributed by atoms with Crippen LogP contribution in [-0.2, 0) is 131 Å². The number of aliphatic hydroxyl groups excluding tert-OH is 17. The highest BCUT2D eigenvalue weighted by Gasteiger charge is 2.62. The smallest absolute Gasteiger partial charge is 0.371 e. The molecule has 8 aliphatic rings. The van der Waals surface area contributed by atoms with Gasteiger partial charge in [0, 0.05) is 0 Å². The molecule has 38 atom stereocenters. The molecular weight excluding hydrogens is 1590 g/mol. The maximum atomic E-state index is 13.0. The number of nitrogens with one attached hydrogen (secondary N) is 4. The fourth-order valence-corrected chi connectivity index (χ4v) is 14.7. The van der Waals surface area contributed by atoms with Crippen LogP contribution in [0.25, 0.3) is 0 Å². The molecule has 0 bridgehead atoms. The Morgan fingerprint density at radius 1 is 0.324 bits per heavy atom. The molecule has 0 saturated carbocycles. The van der Waals surface area contributed by atoms with Gasteiger partial charge in [0.1, 0.15) is 165 Å². The van der Waals surface area contributed by atoms with Gasteiger partial charge in [-0.2, -0.15) is 52.6 Å². The predicted octanol–water partition coefficient (Wildman–Crippen LogP) is -19.3. The Balaban J connectivity index is 0.971. The van der Waals surface area contributed by atoms with Crippen molar-refractivity contribution in [1.82, 2.24) is 18.9 Å². The topological polar surface area (TPSA) is 897 Å². The number of ether oxygens (including phenoxy) is 15. The Morgan fingerprint density at radius 3 is 0.833 bits per heavy atom. The molecule has 0 aliphatic carbocycles. The summed E-state index contributed by atoms with van der Waals surface area (Å²) in [4.78, 5) is 50.2. The van der Waals surface area contributed by atoms with Crippen LogP contribution in [0.2, 0.25) is 0 Å². The summed E-state index contributed by atoms with van der Waals surface area (Å²) in [5, 5.41) is 227. The second-order valence-electron chi connectivity index (χ2n) is 24.6. The van der Waals surface area contributed by atoms with Gasteiger partial charge in [0.25, 0.3) is 0 Å². The summed E-state index contributed by atoms with van der Waals surface area (Å²) in [6.45, 7) is -5.48. The molecule has 8 aliphatic heterocycles. The van der Waals surface area contributed by atoms with Gasteiger partial charge in [-0.15, -0.1) is 0 Å². The van der Waals surface area contributed by atoms with Gasteiger partial charge in [-0.25, -0.2) is 19.2 Å². The van der Waals surface area contributed by atoms with Crippen LogP contribution in [0.4, 0.5) is 0 Å².